The van der Waals surface area contributed by atoms with Crippen molar-refractivity contribution in [2.45, 2.75) is 12.5 Å². The number of fused-ring (bicyclic) bond motifs is 2. The van der Waals surface area contributed by atoms with E-state index in [1.54, 1.807) is 23.0 Å². The van der Waals surface area contributed by atoms with Gasteiger partial charge >= 0.3 is 0 Å². The lowest BCUT2D eigenvalue weighted by molar-refractivity contribution is 0.587. The molecule has 0 aliphatic carbocycles. The Labute approximate surface area is 229 Å². The van der Waals surface area contributed by atoms with Gasteiger partial charge in [-0.25, -0.2) is 14.5 Å². The highest BCUT2D eigenvalue weighted by Gasteiger charge is 2.39. The minimum Gasteiger partial charge on any atom is -0.345 e. The Morgan fingerprint density at radius 1 is 1.11 bits per heavy atom. The van der Waals surface area contributed by atoms with E-state index in [0.717, 1.165) is 0 Å². The lowest BCUT2D eigenvalue weighted by atomic mass is 10.1. The molecule has 13 heteroatoms. The third-order valence-corrected chi connectivity index (χ3v) is 6.61. The fourth-order valence-corrected chi connectivity index (χ4v) is 4.97. The highest BCUT2D eigenvalue weighted by atomic mass is 35.5. The number of para-hydroxylation sites is 1. The average Bonchev–Trinajstić information content (AvgIpc) is 3.60. The van der Waals surface area contributed by atoms with Crippen LogP contribution in [0.4, 0.5) is 5.82 Å². The van der Waals surface area contributed by atoms with Crippen molar-refractivity contribution in [2.75, 3.05) is 11.4 Å². The molecule has 37 heavy (non-hydrogen) atoms. The number of aromatic amines is 1. The lowest BCUT2D eigenvalue weighted by Gasteiger charge is -2.27. The number of aromatic nitrogens is 6. The number of nitrogens with zero attached hydrogens (tertiary/aromatic N) is 8. The van der Waals surface area contributed by atoms with Crippen LogP contribution in [-0.2, 0) is 0 Å². The molecule has 0 radical (unpaired) electrons. The molecular weight excluding hydrogens is 530 g/mol. The number of hydrogen-bond donors (Lipinski definition) is 1. The molecular formula is C24H20ClN9OS2. The molecule has 10 nitrogen and oxygen atoms in total. The normalized spacial score (nSPS) is 16.7. The van der Waals surface area contributed by atoms with E-state index in [1.807, 2.05) is 35.2 Å². The Kier molecular flexibility index (Phi) is 7.18. The second-order valence-corrected chi connectivity index (χ2v) is 8.66. The zero-order chi connectivity index (χ0) is 24.1. The summed E-state index contributed by atoms with van der Waals surface area (Å²) in [5, 5.41) is 25.1. The average molecular weight is 550 g/mol. The van der Waals surface area contributed by atoms with E-state index in [2.05, 4.69) is 27.1 Å². The molecule has 6 rings (SSSR count). The van der Waals surface area contributed by atoms with Crippen LogP contribution in [0.1, 0.15) is 23.9 Å². The summed E-state index contributed by atoms with van der Waals surface area (Å²) in [7, 11) is 0. The van der Waals surface area contributed by atoms with Gasteiger partial charge < -0.3 is 9.88 Å². The monoisotopic (exact) mass is 549 g/mol. The summed E-state index contributed by atoms with van der Waals surface area (Å²) in [6, 6.07) is 14.9. The third kappa shape index (κ3) is 4.09. The molecule has 1 N–H and O–H groups in total. The first-order valence-electron chi connectivity index (χ1n) is 10.8. The molecule has 5 aromatic rings. The summed E-state index contributed by atoms with van der Waals surface area (Å²) in [5.41, 5.74) is 1.50. The van der Waals surface area contributed by atoms with E-state index >= 15 is 0 Å². The van der Waals surface area contributed by atoms with Crippen LogP contribution >= 0.6 is 38.6 Å². The minimum atomic E-state index is -0.474. The molecule has 1 aliphatic rings. The lowest BCUT2D eigenvalue weighted by Crippen LogP contribution is -2.33. The molecule has 0 unspecified atom stereocenters. The van der Waals surface area contributed by atoms with E-state index in [4.69, 9.17) is 16.7 Å². The third-order valence-electron chi connectivity index (χ3n) is 6.30. The molecule has 0 bridgehead atoms. The fourth-order valence-electron chi connectivity index (χ4n) is 4.75. The summed E-state index contributed by atoms with van der Waals surface area (Å²) in [5.74, 6) is 0.620. The maximum Gasteiger partial charge on any atom is 0.284 e. The molecule has 186 valence electrons. The molecule has 5 heterocycles. The molecule has 1 aromatic carbocycles. The zero-order valence-corrected chi connectivity index (χ0v) is 21.9. The molecule has 0 amide bonds. The molecule has 1 saturated heterocycles. The topological polar surface area (TPSA) is 132 Å². The van der Waals surface area contributed by atoms with Crippen LogP contribution in [0.25, 0.3) is 22.2 Å². The van der Waals surface area contributed by atoms with Gasteiger partial charge in [-0.05, 0) is 24.6 Å². The van der Waals surface area contributed by atoms with Crippen molar-refractivity contribution in [3.05, 3.63) is 81.9 Å². The van der Waals surface area contributed by atoms with Gasteiger partial charge in [-0.2, -0.15) is 42.6 Å². The number of halogens is 1. The Morgan fingerprint density at radius 3 is 2.62 bits per heavy atom. The van der Waals surface area contributed by atoms with Crippen LogP contribution in [-0.4, -0.2) is 35.7 Å². The van der Waals surface area contributed by atoms with E-state index in [-0.39, 0.29) is 44.0 Å². The summed E-state index contributed by atoms with van der Waals surface area (Å²) in [6.45, 7) is 0.360. The second kappa shape index (κ2) is 10.2. The number of anilines is 1. The van der Waals surface area contributed by atoms with Crippen LogP contribution in [0.5, 0.6) is 0 Å². The Morgan fingerprint density at radius 2 is 1.89 bits per heavy atom. The van der Waals surface area contributed by atoms with Crippen molar-refractivity contribution in [3.8, 4) is 17.8 Å². The zero-order valence-electron chi connectivity index (χ0n) is 19.1. The van der Waals surface area contributed by atoms with Gasteiger partial charge in [-0.1, -0.05) is 29.8 Å². The van der Waals surface area contributed by atoms with Crippen LogP contribution in [0, 0.1) is 28.6 Å². The largest absolute Gasteiger partial charge is 0.345 e. The van der Waals surface area contributed by atoms with Gasteiger partial charge in [0.25, 0.3) is 5.56 Å². The first-order chi connectivity index (χ1) is 17.1. The van der Waals surface area contributed by atoms with Crippen molar-refractivity contribution in [2.24, 2.45) is 5.92 Å². The van der Waals surface area contributed by atoms with Gasteiger partial charge in [-0.3, -0.25) is 9.36 Å². The Bertz CT molecular complexity index is 1750. The molecule has 4 aromatic heterocycles. The van der Waals surface area contributed by atoms with Gasteiger partial charge in [0, 0.05) is 18.9 Å². The van der Waals surface area contributed by atoms with Crippen molar-refractivity contribution < 1.29 is 0 Å². The SMILES string of the molecule is N#Cc1c[nH]c2ncnc(N3C[C@@H](C#N)C[C@H]3c3nn4ccc(Cl)c4c(=O)n3-c3ccccc3)c12.S.S. The summed E-state index contributed by atoms with van der Waals surface area (Å²) < 4.78 is 3.02. The molecule has 1 fully saturated rings. The maximum atomic E-state index is 13.7. The van der Waals surface area contributed by atoms with Gasteiger partial charge in [-0.15, -0.1) is 0 Å². The predicted molar refractivity (Wildman–Crippen MR) is 149 cm³/mol. The number of hydrogen-bond acceptors (Lipinski definition) is 7. The molecule has 2 atom stereocenters. The van der Waals surface area contributed by atoms with Crippen LogP contribution in [0.15, 0.2) is 59.9 Å². The van der Waals surface area contributed by atoms with Crippen molar-refractivity contribution >= 4 is 61.0 Å². The van der Waals surface area contributed by atoms with Crippen molar-refractivity contribution in [3.63, 3.8) is 0 Å². The molecule has 0 saturated carbocycles. The first-order valence-corrected chi connectivity index (χ1v) is 11.2. The summed E-state index contributed by atoms with van der Waals surface area (Å²) in [4.78, 5) is 27.4. The number of benzene rings is 1. The summed E-state index contributed by atoms with van der Waals surface area (Å²) >= 11 is 6.33. The standard InChI is InChI=1S/C24H16ClN9O.2H2S/c25-17-6-7-33-20(17)24(35)34(16-4-2-1-3-5-16)22(31-33)18-8-14(9-26)12-32(18)23-19-15(10-27)11-28-21(19)29-13-30-23;;/h1-7,11,13-14,18H,8,12H2,(H,28,29,30);2*1H2/t14-,18+;;/m1../s1. The van der Waals surface area contributed by atoms with E-state index in [9.17, 15) is 15.3 Å². The van der Waals surface area contributed by atoms with Crippen molar-refractivity contribution in [1.29, 1.82) is 10.5 Å². The van der Waals surface area contributed by atoms with E-state index in [0.29, 0.717) is 51.9 Å². The number of nitriles is 2. The predicted octanol–water partition coefficient (Wildman–Crippen LogP) is 3.60. The van der Waals surface area contributed by atoms with Gasteiger partial charge in [0.1, 0.15) is 29.4 Å². The number of H-pyrrole nitrogens is 1. The maximum absolute atomic E-state index is 13.7. The molecule has 1 aliphatic heterocycles. The number of rotatable bonds is 3. The Hall–Kier alpha value is -3.97. The summed E-state index contributed by atoms with van der Waals surface area (Å²) in [6.07, 6.45) is 5.07. The minimum absolute atomic E-state index is 0. The van der Waals surface area contributed by atoms with Crippen molar-refractivity contribution in [1.82, 2.24) is 29.1 Å². The Balaban J connectivity index is 0.00000160. The highest BCUT2D eigenvalue weighted by Crippen LogP contribution is 2.40. The first kappa shape index (κ1) is 26.1. The molecule has 0 spiro atoms. The smallest absolute Gasteiger partial charge is 0.284 e. The van der Waals surface area contributed by atoms with Crippen LogP contribution < -0.4 is 10.5 Å². The quantitative estimate of drug-likeness (QED) is 0.363. The van der Waals surface area contributed by atoms with E-state index < -0.39 is 6.04 Å². The van der Waals surface area contributed by atoms with Gasteiger partial charge in [0.2, 0.25) is 0 Å². The second-order valence-electron chi connectivity index (χ2n) is 8.26. The van der Waals surface area contributed by atoms with Crippen LogP contribution in [0.3, 0.4) is 0 Å². The fraction of sp³-hybridized carbons (Fsp3) is 0.167. The van der Waals surface area contributed by atoms with Gasteiger partial charge in [0.05, 0.1) is 39.7 Å². The van der Waals surface area contributed by atoms with Crippen LogP contribution in [0.2, 0.25) is 5.02 Å². The highest BCUT2D eigenvalue weighted by molar-refractivity contribution is 7.59. The van der Waals surface area contributed by atoms with E-state index in [1.165, 1.54) is 10.8 Å². The van der Waals surface area contributed by atoms with Gasteiger partial charge in [0.15, 0.2) is 5.82 Å². The number of nitrogens with one attached hydrogen (secondary N) is 1.